The van der Waals surface area contributed by atoms with Gasteiger partial charge in [-0.1, -0.05) is 31.2 Å². The van der Waals surface area contributed by atoms with Crippen LogP contribution in [0.15, 0.2) is 60.8 Å². The van der Waals surface area contributed by atoms with Gasteiger partial charge in [0.05, 0.1) is 35.8 Å². The molecule has 0 saturated heterocycles. The molecule has 3 aromatic rings. The van der Waals surface area contributed by atoms with Crippen LogP contribution in [0.2, 0.25) is 0 Å². The first-order chi connectivity index (χ1) is 12.6. The molecule has 0 aliphatic carbocycles. The SMILES string of the molecule is CCc1c(C(=O)Nc2cccc(C(=O)OC)c2)cnn1-c1ccccc1. The van der Waals surface area contributed by atoms with Crippen molar-refractivity contribution in [2.75, 3.05) is 12.4 Å². The van der Waals surface area contributed by atoms with E-state index in [1.54, 1.807) is 35.1 Å². The normalized spacial score (nSPS) is 10.4. The number of carbonyl (C=O) groups excluding carboxylic acids is 2. The molecule has 1 heterocycles. The summed E-state index contributed by atoms with van der Waals surface area (Å²) in [6, 6.07) is 16.3. The molecule has 26 heavy (non-hydrogen) atoms. The van der Waals surface area contributed by atoms with Gasteiger partial charge in [-0.25, -0.2) is 9.48 Å². The lowest BCUT2D eigenvalue weighted by atomic mass is 10.1. The average molecular weight is 349 g/mol. The van der Waals surface area contributed by atoms with Crippen molar-refractivity contribution in [2.45, 2.75) is 13.3 Å². The Balaban J connectivity index is 1.87. The number of rotatable bonds is 5. The predicted octanol–water partition coefficient (Wildman–Crippen LogP) is 3.47. The second kappa shape index (κ2) is 7.65. The van der Waals surface area contributed by atoms with Gasteiger partial charge < -0.3 is 10.1 Å². The van der Waals surface area contributed by atoms with Crippen molar-refractivity contribution in [2.24, 2.45) is 0 Å². The summed E-state index contributed by atoms with van der Waals surface area (Å²) in [5.74, 6) is -0.724. The fourth-order valence-corrected chi connectivity index (χ4v) is 2.74. The molecule has 0 fully saturated rings. The minimum Gasteiger partial charge on any atom is -0.465 e. The molecule has 1 N–H and O–H groups in total. The number of ether oxygens (including phenoxy) is 1. The van der Waals surface area contributed by atoms with Crippen LogP contribution < -0.4 is 5.32 Å². The van der Waals surface area contributed by atoms with Gasteiger partial charge in [-0.3, -0.25) is 4.79 Å². The van der Waals surface area contributed by atoms with Gasteiger partial charge in [-0.2, -0.15) is 5.10 Å². The first-order valence-electron chi connectivity index (χ1n) is 8.26. The maximum atomic E-state index is 12.7. The molecule has 2 aromatic carbocycles. The van der Waals surface area contributed by atoms with Gasteiger partial charge in [-0.15, -0.1) is 0 Å². The summed E-state index contributed by atoms with van der Waals surface area (Å²) in [4.78, 5) is 24.3. The summed E-state index contributed by atoms with van der Waals surface area (Å²) in [7, 11) is 1.32. The zero-order valence-corrected chi connectivity index (χ0v) is 14.6. The van der Waals surface area contributed by atoms with Crippen molar-refractivity contribution in [3.05, 3.63) is 77.6 Å². The Morgan fingerprint density at radius 3 is 2.58 bits per heavy atom. The molecule has 0 radical (unpaired) electrons. The van der Waals surface area contributed by atoms with Crippen LogP contribution in [0.5, 0.6) is 0 Å². The van der Waals surface area contributed by atoms with E-state index in [-0.39, 0.29) is 5.91 Å². The van der Waals surface area contributed by atoms with E-state index in [4.69, 9.17) is 4.74 Å². The highest BCUT2D eigenvalue weighted by molar-refractivity contribution is 6.05. The number of aromatic nitrogens is 2. The van der Waals surface area contributed by atoms with E-state index in [0.717, 1.165) is 11.4 Å². The Bertz CT molecular complexity index is 932. The highest BCUT2D eigenvalue weighted by atomic mass is 16.5. The van der Waals surface area contributed by atoms with E-state index in [1.165, 1.54) is 7.11 Å². The highest BCUT2D eigenvalue weighted by Gasteiger charge is 2.17. The monoisotopic (exact) mass is 349 g/mol. The highest BCUT2D eigenvalue weighted by Crippen LogP contribution is 2.18. The van der Waals surface area contributed by atoms with Crippen LogP contribution >= 0.6 is 0 Å². The van der Waals surface area contributed by atoms with Crippen LogP contribution in [-0.2, 0) is 11.2 Å². The third kappa shape index (κ3) is 3.49. The molecule has 0 bridgehead atoms. The van der Waals surface area contributed by atoms with Crippen molar-refractivity contribution < 1.29 is 14.3 Å². The predicted molar refractivity (Wildman–Crippen MR) is 98.7 cm³/mol. The lowest BCUT2D eigenvalue weighted by Crippen LogP contribution is -2.14. The minimum absolute atomic E-state index is 0.272. The van der Waals surface area contributed by atoms with Crippen molar-refractivity contribution >= 4 is 17.6 Å². The number of carbonyl (C=O) groups is 2. The van der Waals surface area contributed by atoms with Crippen molar-refractivity contribution in [1.29, 1.82) is 0 Å². The molecular formula is C20H19N3O3. The Morgan fingerprint density at radius 2 is 1.88 bits per heavy atom. The van der Waals surface area contributed by atoms with Gasteiger partial charge in [0.15, 0.2) is 0 Å². The van der Waals surface area contributed by atoms with Crippen LogP contribution in [0.1, 0.15) is 33.3 Å². The van der Waals surface area contributed by atoms with E-state index in [0.29, 0.717) is 23.2 Å². The Labute approximate surface area is 151 Å². The molecule has 0 spiro atoms. The summed E-state index contributed by atoms with van der Waals surface area (Å²) < 4.78 is 6.47. The lowest BCUT2D eigenvalue weighted by Gasteiger charge is -2.09. The van der Waals surface area contributed by atoms with E-state index >= 15 is 0 Å². The van der Waals surface area contributed by atoms with E-state index in [2.05, 4.69) is 10.4 Å². The van der Waals surface area contributed by atoms with Gasteiger partial charge in [0.2, 0.25) is 0 Å². The Morgan fingerprint density at radius 1 is 1.12 bits per heavy atom. The number of anilines is 1. The molecule has 1 aromatic heterocycles. The van der Waals surface area contributed by atoms with Gasteiger partial charge in [0.25, 0.3) is 5.91 Å². The number of hydrogen-bond donors (Lipinski definition) is 1. The standard InChI is InChI=1S/C20H19N3O3/c1-3-18-17(13-21-23(18)16-10-5-4-6-11-16)19(24)22-15-9-7-8-14(12-15)20(25)26-2/h4-13H,3H2,1-2H3,(H,22,24). The van der Waals surface area contributed by atoms with Gasteiger partial charge in [0, 0.05) is 5.69 Å². The maximum absolute atomic E-state index is 12.7. The molecule has 0 unspecified atom stereocenters. The summed E-state index contributed by atoms with van der Waals surface area (Å²) in [5, 5.41) is 7.18. The van der Waals surface area contributed by atoms with Crippen molar-refractivity contribution in [3.63, 3.8) is 0 Å². The second-order valence-corrected chi connectivity index (χ2v) is 5.63. The quantitative estimate of drug-likeness (QED) is 0.716. The molecule has 1 amide bonds. The third-order valence-corrected chi connectivity index (χ3v) is 3.99. The van der Waals surface area contributed by atoms with Gasteiger partial charge >= 0.3 is 5.97 Å². The summed E-state index contributed by atoms with van der Waals surface area (Å²) in [5.41, 5.74) is 3.11. The molecule has 132 valence electrons. The third-order valence-electron chi connectivity index (χ3n) is 3.99. The molecule has 0 aliphatic rings. The number of esters is 1. The van der Waals surface area contributed by atoms with Crippen LogP contribution in [0.3, 0.4) is 0 Å². The fraction of sp³-hybridized carbons (Fsp3) is 0.150. The molecule has 0 aliphatic heterocycles. The number of methoxy groups -OCH3 is 1. The topological polar surface area (TPSA) is 73.2 Å². The van der Waals surface area contributed by atoms with Crippen molar-refractivity contribution in [3.8, 4) is 5.69 Å². The average Bonchev–Trinajstić information content (AvgIpc) is 3.12. The number of amides is 1. The number of benzene rings is 2. The first kappa shape index (κ1) is 17.4. The molecular weight excluding hydrogens is 330 g/mol. The van der Waals surface area contributed by atoms with E-state index in [1.807, 2.05) is 37.3 Å². The smallest absolute Gasteiger partial charge is 0.337 e. The van der Waals surface area contributed by atoms with Crippen LogP contribution in [0, 0.1) is 0 Å². The van der Waals surface area contributed by atoms with Crippen LogP contribution in [0.4, 0.5) is 5.69 Å². The van der Waals surface area contributed by atoms with E-state index < -0.39 is 5.97 Å². The molecule has 6 nitrogen and oxygen atoms in total. The molecule has 0 atom stereocenters. The van der Waals surface area contributed by atoms with Crippen LogP contribution in [0.25, 0.3) is 5.69 Å². The Hall–Kier alpha value is -3.41. The largest absolute Gasteiger partial charge is 0.465 e. The zero-order valence-electron chi connectivity index (χ0n) is 14.6. The molecule has 0 saturated carbocycles. The number of nitrogens with one attached hydrogen (secondary N) is 1. The fourth-order valence-electron chi connectivity index (χ4n) is 2.74. The lowest BCUT2D eigenvalue weighted by molar-refractivity contribution is 0.0600. The second-order valence-electron chi connectivity index (χ2n) is 5.63. The van der Waals surface area contributed by atoms with E-state index in [9.17, 15) is 9.59 Å². The summed E-state index contributed by atoms with van der Waals surface area (Å²) >= 11 is 0. The first-order valence-corrected chi connectivity index (χ1v) is 8.26. The summed E-state index contributed by atoms with van der Waals surface area (Å²) in [6.07, 6.45) is 2.21. The maximum Gasteiger partial charge on any atom is 0.337 e. The van der Waals surface area contributed by atoms with Gasteiger partial charge in [-0.05, 0) is 36.8 Å². The number of para-hydroxylation sites is 1. The zero-order chi connectivity index (χ0) is 18.5. The van der Waals surface area contributed by atoms with Crippen LogP contribution in [-0.4, -0.2) is 28.8 Å². The minimum atomic E-state index is -0.452. The number of nitrogens with zero attached hydrogens (tertiary/aromatic N) is 2. The summed E-state index contributed by atoms with van der Waals surface area (Å²) in [6.45, 7) is 1.98. The van der Waals surface area contributed by atoms with Gasteiger partial charge in [0.1, 0.15) is 0 Å². The molecule has 3 rings (SSSR count). The Kier molecular flexibility index (Phi) is 5.12. The number of hydrogen-bond acceptors (Lipinski definition) is 4. The molecule has 6 heteroatoms. The van der Waals surface area contributed by atoms with Crippen molar-refractivity contribution in [1.82, 2.24) is 9.78 Å².